The third-order valence-electron chi connectivity index (χ3n) is 3.61. The van der Waals surface area contributed by atoms with Crippen molar-refractivity contribution in [3.8, 4) is 5.69 Å². The second kappa shape index (κ2) is 8.35. The average molecular weight is 366 g/mol. The van der Waals surface area contributed by atoms with Gasteiger partial charge >= 0.3 is 0 Å². The first-order valence-electron chi connectivity index (χ1n) is 8.02. The molecule has 26 heavy (non-hydrogen) atoms. The highest BCUT2D eigenvalue weighted by atomic mass is 32.2. The van der Waals surface area contributed by atoms with Crippen LogP contribution in [0.25, 0.3) is 5.69 Å². The number of nitrogen functional groups attached to an aromatic ring is 1. The van der Waals surface area contributed by atoms with E-state index in [-0.39, 0.29) is 17.5 Å². The summed E-state index contributed by atoms with van der Waals surface area (Å²) < 4.78 is 1.66. The Hall–Kier alpha value is -3.06. The number of benzene rings is 2. The zero-order valence-corrected chi connectivity index (χ0v) is 14.8. The monoisotopic (exact) mass is 366 g/mol. The molecule has 0 spiro atoms. The molecule has 0 aliphatic carbocycles. The Morgan fingerprint density at radius 1 is 1.08 bits per heavy atom. The van der Waals surface area contributed by atoms with Gasteiger partial charge in [0, 0.05) is 18.3 Å². The number of amides is 1. The standard InChI is InChI=1S/C19H18N4O2S/c20-16-11-17(24)22-19(23(16)15-9-5-2-6-10-15)26-13-18(25)21-12-14-7-3-1-4-8-14/h1-11H,12-13,20H2,(H,21,25). The van der Waals surface area contributed by atoms with Gasteiger partial charge in [0.05, 0.1) is 5.75 Å². The minimum atomic E-state index is -0.429. The van der Waals surface area contributed by atoms with Crippen LogP contribution in [-0.4, -0.2) is 21.2 Å². The highest BCUT2D eigenvalue weighted by molar-refractivity contribution is 7.99. The molecule has 0 aliphatic heterocycles. The second-order valence-electron chi connectivity index (χ2n) is 5.52. The van der Waals surface area contributed by atoms with E-state index in [0.29, 0.717) is 11.7 Å². The maximum absolute atomic E-state index is 12.1. The summed E-state index contributed by atoms with van der Waals surface area (Å²) in [5, 5.41) is 3.24. The molecule has 0 saturated heterocycles. The molecular formula is C19H18N4O2S. The molecule has 6 nitrogen and oxygen atoms in total. The van der Waals surface area contributed by atoms with Crippen molar-refractivity contribution in [1.29, 1.82) is 0 Å². The molecule has 0 unspecified atom stereocenters. The molecule has 0 fully saturated rings. The van der Waals surface area contributed by atoms with Gasteiger partial charge in [-0.2, -0.15) is 4.98 Å². The minimum absolute atomic E-state index is 0.134. The largest absolute Gasteiger partial charge is 0.385 e. The Kier molecular flexibility index (Phi) is 5.70. The van der Waals surface area contributed by atoms with E-state index in [0.717, 1.165) is 11.3 Å². The van der Waals surface area contributed by atoms with E-state index >= 15 is 0 Å². The fraction of sp³-hybridized carbons (Fsp3) is 0.105. The highest BCUT2D eigenvalue weighted by Gasteiger charge is 2.12. The molecule has 3 N–H and O–H groups in total. The van der Waals surface area contributed by atoms with E-state index in [1.807, 2.05) is 60.7 Å². The lowest BCUT2D eigenvalue weighted by Gasteiger charge is -2.14. The Morgan fingerprint density at radius 3 is 2.42 bits per heavy atom. The number of nitrogens with one attached hydrogen (secondary N) is 1. The van der Waals surface area contributed by atoms with Crippen LogP contribution in [0, 0.1) is 0 Å². The van der Waals surface area contributed by atoms with Crippen LogP contribution >= 0.6 is 11.8 Å². The highest BCUT2D eigenvalue weighted by Crippen LogP contribution is 2.22. The molecular weight excluding hydrogens is 348 g/mol. The van der Waals surface area contributed by atoms with E-state index in [9.17, 15) is 9.59 Å². The van der Waals surface area contributed by atoms with Gasteiger partial charge in [-0.05, 0) is 17.7 Å². The van der Waals surface area contributed by atoms with E-state index < -0.39 is 5.56 Å². The van der Waals surface area contributed by atoms with Gasteiger partial charge in [0.2, 0.25) is 5.91 Å². The number of nitrogens with zero attached hydrogens (tertiary/aromatic N) is 2. The van der Waals surface area contributed by atoms with Crippen LogP contribution in [0.3, 0.4) is 0 Å². The van der Waals surface area contributed by atoms with Crippen molar-refractivity contribution in [3.63, 3.8) is 0 Å². The fourth-order valence-corrected chi connectivity index (χ4v) is 3.25. The molecule has 7 heteroatoms. The quantitative estimate of drug-likeness (QED) is 0.516. The first-order chi connectivity index (χ1) is 12.6. The van der Waals surface area contributed by atoms with Crippen molar-refractivity contribution in [3.05, 3.63) is 82.6 Å². The number of hydrogen-bond acceptors (Lipinski definition) is 5. The number of hydrogen-bond donors (Lipinski definition) is 2. The number of nitrogens with two attached hydrogens (primary N) is 1. The molecule has 3 aromatic rings. The average Bonchev–Trinajstić information content (AvgIpc) is 2.66. The number of para-hydroxylation sites is 1. The lowest BCUT2D eigenvalue weighted by atomic mass is 10.2. The van der Waals surface area contributed by atoms with Crippen LogP contribution in [0.1, 0.15) is 5.56 Å². The van der Waals surface area contributed by atoms with Crippen LogP contribution in [0.2, 0.25) is 0 Å². The molecule has 2 aromatic carbocycles. The Balaban J connectivity index is 1.71. The molecule has 3 rings (SSSR count). The summed E-state index contributed by atoms with van der Waals surface area (Å²) in [6.07, 6.45) is 0. The summed E-state index contributed by atoms with van der Waals surface area (Å²) in [5.41, 5.74) is 7.38. The Morgan fingerprint density at radius 2 is 1.73 bits per heavy atom. The van der Waals surface area contributed by atoms with Crippen molar-refractivity contribution in [2.45, 2.75) is 11.7 Å². The Labute approximate surface area is 155 Å². The maximum atomic E-state index is 12.1. The SMILES string of the molecule is Nc1cc(=O)nc(SCC(=O)NCc2ccccc2)n1-c1ccccc1. The van der Waals surface area contributed by atoms with Crippen molar-refractivity contribution in [1.82, 2.24) is 14.9 Å². The van der Waals surface area contributed by atoms with Gasteiger partial charge in [0.15, 0.2) is 5.16 Å². The van der Waals surface area contributed by atoms with E-state index in [2.05, 4.69) is 10.3 Å². The summed E-state index contributed by atoms with van der Waals surface area (Å²) in [6, 6.07) is 20.3. The van der Waals surface area contributed by atoms with Gasteiger partial charge < -0.3 is 11.1 Å². The van der Waals surface area contributed by atoms with Gasteiger partial charge in [-0.25, -0.2) is 0 Å². The third-order valence-corrected chi connectivity index (χ3v) is 4.54. The van der Waals surface area contributed by atoms with Crippen molar-refractivity contribution in [2.24, 2.45) is 0 Å². The number of carbonyl (C=O) groups excluding carboxylic acids is 1. The summed E-state index contributed by atoms with van der Waals surface area (Å²) >= 11 is 1.17. The molecule has 132 valence electrons. The Bertz CT molecular complexity index is 943. The molecule has 1 aromatic heterocycles. The first-order valence-corrected chi connectivity index (χ1v) is 9.00. The van der Waals surface area contributed by atoms with Gasteiger partial charge in [0.25, 0.3) is 5.56 Å². The van der Waals surface area contributed by atoms with Crippen LogP contribution < -0.4 is 16.6 Å². The summed E-state index contributed by atoms with van der Waals surface area (Å²) in [7, 11) is 0. The molecule has 1 amide bonds. The lowest BCUT2D eigenvalue weighted by molar-refractivity contribution is -0.118. The minimum Gasteiger partial charge on any atom is -0.385 e. The van der Waals surface area contributed by atoms with Gasteiger partial charge in [-0.1, -0.05) is 60.3 Å². The number of anilines is 1. The topological polar surface area (TPSA) is 90.0 Å². The number of carbonyl (C=O) groups is 1. The van der Waals surface area contributed by atoms with E-state index in [1.54, 1.807) is 4.57 Å². The summed E-state index contributed by atoms with van der Waals surface area (Å²) in [6.45, 7) is 0.454. The molecule has 0 saturated carbocycles. The molecule has 1 heterocycles. The fourth-order valence-electron chi connectivity index (χ4n) is 2.39. The van der Waals surface area contributed by atoms with E-state index in [4.69, 9.17) is 5.73 Å². The molecule has 0 bridgehead atoms. The number of aromatic nitrogens is 2. The molecule has 0 aliphatic rings. The predicted molar refractivity (Wildman–Crippen MR) is 103 cm³/mol. The van der Waals surface area contributed by atoms with Crippen molar-refractivity contribution in [2.75, 3.05) is 11.5 Å². The lowest BCUT2D eigenvalue weighted by Crippen LogP contribution is -2.25. The second-order valence-corrected chi connectivity index (χ2v) is 6.47. The van der Waals surface area contributed by atoms with Gasteiger partial charge in [0.1, 0.15) is 5.82 Å². The van der Waals surface area contributed by atoms with Crippen LogP contribution in [0.15, 0.2) is 76.7 Å². The van der Waals surface area contributed by atoms with Crippen LogP contribution in [0.4, 0.5) is 5.82 Å². The first kappa shape index (κ1) is 17.8. The summed E-state index contributed by atoms with van der Waals surface area (Å²) in [5.74, 6) is 0.272. The van der Waals surface area contributed by atoms with E-state index in [1.165, 1.54) is 17.8 Å². The van der Waals surface area contributed by atoms with Crippen LogP contribution in [0.5, 0.6) is 0 Å². The van der Waals surface area contributed by atoms with Gasteiger partial charge in [-0.3, -0.25) is 14.2 Å². The van der Waals surface area contributed by atoms with Crippen LogP contribution in [-0.2, 0) is 11.3 Å². The zero-order valence-electron chi connectivity index (χ0n) is 14.0. The predicted octanol–water partition coefficient (Wildman–Crippen LogP) is 2.22. The zero-order chi connectivity index (χ0) is 18.4. The van der Waals surface area contributed by atoms with Crippen molar-refractivity contribution < 1.29 is 4.79 Å². The number of rotatable bonds is 6. The normalized spacial score (nSPS) is 10.5. The molecule has 0 radical (unpaired) electrons. The molecule has 0 atom stereocenters. The third kappa shape index (κ3) is 4.52. The summed E-state index contributed by atoms with van der Waals surface area (Å²) in [4.78, 5) is 27.9. The smallest absolute Gasteiger partial charge is 0.275 e. The maximum Gasteiger partial charge on any atom is 0.275 e. The van der Waals surface area contributed by atoms with Crippen molar-refractivity contribution >= 4 is 23.5 Å². The number of thioether (sulfide) groups is 1. The van der Waals surface area contributed by atoms with Gasteiger partial charge in [-0.15, -0.1) is 0 Å².